The van der Waals surface area contributed by atoms with Gasteiger partial charge in [0.2, 0.25) is 0 Å². The van der Waals surface area contributed by atoms with Gasteiger partial charge < -0.3 is 0 Å². The van der Waals surface area contributed by atoms with E-state index in [1.165, 1.54) is 12.1 Å². The molecule has 1 unspecified atom stereocenters. The number of rotatable bonds is 2. The fourth-order valence-electron chi connectivity index (χ4n) is 2.50. The lowest BCUT2D eigenvalue weighted by atomic mass is 9.92. The summed E-state index contributed by atoms with van der Waals surface area (Å²) in [7, 11) is 0. The molecule has 2 rings (SSSR count). The van der Waals surface area contributed by atoms with Crippen molar-refractivity contribution in [1.82, 2.24) is 0 Å². The van der Waals surface area contributed by atoms with Gasteiger partial charge in [0.1, 0.15) is 17.4 Å². The first-order valence-corrected chi connectivity index (χ1v) is 7.01. The fourth-order valence-corrected chi connectivity index (χ4v) is 2.87. The summed E-state index contributed by atoms with van der Waals surface area (Å²) in [5.74, 6) is -0.772. The average Bonchev–Trinajstić information content (AvgIpc) is 2.54. The second-order valence-corrected chi connectivity index (χ2v) is 5.73. The Bertz CT molecular complexity index is 459. The van der Waals surface area contributed by atoms with Gasteiger partial charge in [0.25, 0.3) is 0 Å². The highest BCUT2D eigenvalue weighted by Gasteiger charge is 2.22. The van der Waals surface area contributed by atoms with Gasteiger partial charge in [-0.25, -0.2) is 8.78 Å². The summed E-state index contributed by atoms with van der Waals surface area (Å²) in [6.45, 7) is 0. The first-order valence-electron chi connectivity index (χ1n) is 6.22. The number of benzene rings is 1. The second-order valence-electron chi connectivity index (χ2n) is 4.88. The molecular formula is C14H15BrF2O. The molecule has 98 valence electrons. The summed E-state index contributed by atoms with van der Waals surface area (Å²) in [6.07, 6.45) is 4.11. The Morgan fingerprint density at radius 2 is 2.06 bits per heavy atom. The maximum absolute atomic E-state index is 13.8. The van der Waals surface area contributed by atoms with E-state index in [1.807, 2.05) is 0 Å². The minimum Gasteiger partial charge on any atom is -0.300 e. The molecule has 0 heterocycles. The zero-order chi connectivity index (χ0) is 13.1. The molecule has 0 saturated heterocycles. The molecule has 1 fully saturated rings. The molecule has 0 spiro atoms. The van der Waals surface area contributed by atoms with Crippen LogP contribution < -0.4 is 0 Å². The van der Waals surface area contributed by atoms with E-state index in [0.29, 0.717) is 19.3 Å². The summed E-state index contributed by atoms with van der Waals surface area (Å²) in [6, 6.07) is 2.63. The lowest BCUT2D eigenvalue weighted by molar-refractivity contribution is -0.119. The number of carbonyl (C=O) groups excluding carboxylic acids is 1. The predicted molar refractivity (Wildman–Crippen MR) is 69.3 cm³/mol. The summed E-state index contributed by atoms with van der Waals surface area (Å²) >= 11 is 3.06. The van der Waals surface area contributed by atoms with Crippen LogP contribution in [0, 0.1) is 17.6 Å². The fraction of sp³-hybridized carbons (Fsp3) is 0.500. The van der Waals surface area contributed by atoms with Crippen LogP contribution in [0.1, 0.15) is 37.7 Å². The molecule has 1 aromatic rings. The van der Waals surface area contributed by atoms with Crippen LogP contribution in [-0.2, 0) is 11.2 Å². The first-order chi connectivity index (χ1) is 8.58. The molecule has 1 aromatic carbocycles. The van der Waals surface area contributed by atoms with E-state index in [9.17, 15) is 13.6 Å². The predicted octanol–water partition coefficient (Wildman–Crippen LogP) is 4.42. The average molecular weight is 317 g/mol. The van der Waals surface area contributed by atoms with Crippen molar-refractivity contribution in [1.29, 1.82) is 0 Å². The Morgan fingerprint density at radius 1 is 1.28 bits per heavy atom. The molecule has 0 radical (unpaired) electrons. The van der Waals surface area contributed by atoms with E-state index < -0.39 is 11.6 Å². The van der Waals surface area contributed by atoms with Crippen molar-refractivity contribution in [3.05, 3.63) is 33.8 Å². The number of halogens is 3. The quantitative estimate of drug-likeness (QED) is 0.583. The van der Waals surface area contributed by atoms with E-state index in [0.717, 1.165) is 19.3 Å². The van der Waals surface area contributed by atoms with Gasteiger partial charge >= 0.3 is 0 Å². The van der Waals surface area contributed by atoms with E-state index in [1.54, 1.807) is 0 Å². The van der Waals surface area contributed by atoms with E-state index in [2.05, 4.69) is 15.9 Å². The molecule has 0 amide bonds. The van der Waals surface area contributed by atoms with Gasteiger partial charge in [-0.3, -0.25) is 4.79 Å². The largest absolute Gasteiger partial charge is 0.300 e. The minimum absolute atomic E-state index is 0.0679. The lowest BCUT2D eigenvalue weighted by Crippen LogP contribution is -2.11. The Morgan fingerprint density at radius 3 is 2.83 bits per heavy atom. The number of hydrogen-bond acceptors (Lipinski definition) is 1. The third-order valence-corrected chi connectivity index (χ3v) is 4.08. The maximum atomic E-state index is 13.8. The van der Waals surface area contributed by atoms with Crippen LogP contribution in [0.2, 0.25) is 0 Å². The lowest BCUT2D eigenvalue weighted by Gasteiger charge is -2.14. The van der Waals surface area contributed by atoms with Crippen molar-refractivity contribution in [2.24, 2.45) is 5.92 Å². The molecule has 0 aromatic heterocycles. The van der Waals surface area contributed by atoms with Crippen LogP contribution in [0.25, 0.3) is 0 Å². The standard InChI is InChI=1S/C14H15BrF2O/c15-12-5-6-13(16)11(14(12)17)8-9-3-1-2-4-10(18)7-9/h5-6,9H,1-4,7-8H2. The van der Waals surface area contributed by atoms with Gasteiger partial charge in [0.15, 0.2) is 0 Å². The number of Topliss-reactive ketones (excluding diaryl/α,β-unsaturated/α-hetero) is 1. The van der Waals surface area contributed by atoms with Crippen LogP contribution in [0.4, 0.5) is 8.78 Å². The van der Waals surface area contributed by atoms with Gasteiger partial charge in [-0.2, -0.15) is 0 Å². The first kappa shape index (κ1) is 13.7. The van der Waals surface area contributed by atoms with Crippen LogP contribution in [-0.4, -0.2) is 5.78 Å². The van der Waals surface area contributed by atoms with Crippen LogP contribution in [0.15, 0.2) is 16.6 Å². The van der Waals surface area contributed by atoms with Crippen LogP contribution >= 0.6 is 15.9 Å². The van der Waals surface area contributed by atoms with Crippen molar-refractivity contribution in [3.63, 3.8) is 0 Å². The van der Waals surface area contributed by atoms with E-state index >= 15 is 0 Å². The highest BCUT2D eigenvalue weighted by molar-refractivity contribution is 9.10. The normalized spacial score (nSPS) is 20.8. The molecule has 1 aliphatic carbocycles. The topological polar surface area (TPSA) is 17.1 Å². The molecular weight excluding hydrogens is 302 g/mol. The molecule has 1 saturated carbocycles. The molecule has 1 nitrogen and oxygen atoms in total. The van der Waals surface area contributed by atoms with Crippen molar-refractivity contribution in [2.45, 2.75) is 38.5 Å². The van der Waals surface area contributed by atoms with Crippen molar-refractivity contribution >= 4 is 21.7 Å². The Hall–Kier alpha value is -0.770. The number of ketones is 1. The van der Waals surface area contributed by atoms with Crippen molar-refractivity contribution in [2.75, 3.05) is 0 Å². The monoisotopic (exact) mass is 316 g/mol. The Balaban J connectivity index is 2.17. The van der Waals surface area contributed by atoms with Gasteiger partial charge in [-0.05, 0) is 53.2 Å². The third kappa shape index (κ3) is 3.16. The van der Waals surface area contributed by atoms with Crippen LogP contribution in [0.3, 0.4) is 0 Å². The summed E-state index contributed by atoms with van der Waals surface area (Å²) in [5.41, 5.74) is 0.101. The highest BCUT2D eigenvalue weighted by Crippen LogP contribution is 2.29. The molecule has 18 heavy (non-hydrogen) atoms. The minimum atomic E-state index is -0.535. The molecule has 0 aliphatic heterocycles. The molecule has 1 aliphatic rings. The van der Waals surface area contributed by atoms with Gasteiger partial charge in [0.05, 0.1) is 4.47 Å². The highest BCUT2D eigenvalue weighted by atomic mass is 79.9. The van der Waals surface area contributed by atoms with Crippen molar-refractivity contribution in [3.8, 4) is 0 Å². The molecule has 4 heteroatoms. The SMILES string of the molecule is O=C1CCCCC(Cc2c(F)ccc(Br)c2F)C1. The molecule has 0 bridgehead atoms. The number of carbonyl (C=O) groups is 1. The smallest absolute Gasteiger partial charge is 0.143 e. The number of hydrogen-bond donors (Lipinski definition) is 0. The second kappa shape index (κ2) is 5.91. The van der Waals surface area contributed by atoms with E-state index in [-0.39, 0.29) is 21.7 Å². The summed E-state index contributed by atoms with van der Waals surface area (Å²) in [4.78, 5) is 11.5. The maximum Gasteiger partial charge on any atom is 0.143 e. The summed E-state index contributed by atoms with van der Waals surface area (Å²) < 4.78 is 27.8. The molecule has 1 atom stereocenters. The third-order valence-electron chi connectivity index (χ3n) is 3.47. The van der Waals surface area contributed by atoms with Crippen molar-refractivity contribution < 1.29 is 13.6 Å². The summed E-state index contributed by atoms with van der Waals surface area (Å²) in [5, 5.41) is 0. The Labute approximate surface area is 114 Å². The molecule has 0 N–H and O–H groups in total. The van der Waals surface area contributed by atoms with Gasteiger partial charge in [0, 0.05) is 18.4 Å². The Kier molecular flexibility index (Phi) is 4.49. The van der Waals surface area contributed by atoms with E-state index in [4.69, 9.17) is 0 Å². The van der Waals surface area contributed by atoms with Gasteiger partial charge in [-0.15, -0.1) is 0 Å². The van der Waals surface area contributed by atoms with Crippen LogP contribution in [0.5, 0.6) is 0 Å². The van der Waals surface area contributed by atoms with Gasteiger partial charge in [-0.1, -0.05) is 6.42 Å². The zero-order valence-electron chi connectivity index (χ0n) is 10.0. The zero-order valence-corrected chi connectivity index (χ0v) is 11.6.